The fraction of sp³-hybridized carbons (Fsp3) is 0.467. The number of benzene rings is 1. The van der Waals surface area contributed by atoms with Gasteiger partial charge in [-0.3, -0.25) is 0 Å². The summed E-state index contributed by atoms with van der Waals surface area (Å²) in [6.07, 6.45) is 5.41. The predicted molar refractivity (Wildman–Crippen MR) is 79.2 cm³/mol. The third kappa shape index (κ3) is 3.61. The number of hydrogen-bond acceptors (Lipinski definition) is 4. The van der Waals surface area contributed by atoms with Gasteiger partial charge in [-0.05, 0) is 43.2 Å². The van der Waals surface area contributed by atoms with E-state index in [2.05, 4.69) is 11.4 Å². The van der Waals surface area contributed by atoms with Gasteiger partial charge in [-0.1, -0.05) is 19.1 Å². The van der Waals surface area contributed by atoms with Crippen LogP contribution in [0.5, 0.6) is 0 Å². The van der Waals surface area contributed by atoms with Crippen molar-refractivity contribution in [3.8, 4) is 0 Å². The first-order valence-corrected chi connectivity index (χ1v) is 8.77. The van der Waals surface area contributed by atoms with Crippen LogP contribution < -0.4 is 5.32 Å². The molecule has 0 fully saturated rings. The van der Waals surface area contributed by atoms with Gasteiger partial charge in [0.15, 0.2) is 9.84 Å². The van der Waals surface area contributed by atoms with Gasteiger partial charge < -0.3 is 10.1 Å². The quantitative estimate of drug-likeness (QED) is 0.906. The number of sulfone groups is 1. The molecule has 0 saturated heterocycles. The van der Waals surface area contributed by atoms with Crippen molar-refractivity contribution in [2.45, 2.75) is 30.7 Å². The largest absolute Gasteiger partial charge is 0.496 e. The van der Waals surface area contributed by atoms with Crippen LogP contribution in [-0.2, 0) is 14.6 Å². The molecule has 0 spiro atoms. The number of hydrogen-bond donors (Lipinski definition) is 1. The molecule has 0 radical (unpaired) electrons. The maximum Gasteiger partial charge on any atom is 0.175 e. The molecule has 1 unspecified atom stereocenters. The Balaban J connectivity index is 2.27. The van der Waals surface area contributed by atoms with E-state index in [1.54, 1.807) is 12.1 Å². The number of rotatable bonds is 5. The van der Waals surface area contributed by atoms with Crippen molar-refractivity contribution >= 4 is 9.84 Å². The molecule has 0 aromatic heterocycles. The molecule has 0 saturated carbocycles. The zero-order valence-corrected chi connectivity index (χ0v) is 12.7. The Bertz CT molecular complexity index is 576. The summed E-state index contributed by atoms with van der Waals surface area (Å²) in [6, 6.07) is 7.00. The molecule has 1 aromatic rings. The molecule has 2 rings (SSSR count). The van der Waals surface area contributed by atoms with Crippen LogP contribution >= 0.6 is 0 Å². The number of ether oxygens (including phenoxy) is 1. The lowest BCUT2D eigenvalue weighted by Gasteiger charge is -2.25. The monoisotopic (exact) mass is 295 g/mol. The normalized spacial score (nSPS) is 17.2. The molecule has 20 heavy (non-hydrogen) atoms. The molecule has 0 aliphatic carbocycles. The summed E-state index contributed by atoms with van der Waals surface area (Å²) < 4.78 is 28.7. The first kappa shape index (κ1) is 15.1. The highest BCUT2D eigenvalue weighted by Crippen LogP contribution is 2.26. The van der Waals surface area contributed by atoms with Crippen molar-refractivity contribution in [3.63, 3.8) is 0 Å². The van der Waals surface area contributed by atoms with Gasteiger partial charge in [0, 0.05) is 6.26 Å². The van der Waals surface area contributed by atoms with Gasteiger partial charge in [0.1, 0.15) is 5.76 Å². The standard InChI is InChI=1S/C15H21NO3S/c1-3-16-15(14-6-4-5-11-19-14)12-7-9-13(10-8-12)20(2,17)18/h6-10,15-16H,3-5,11H2,1-2H3. The van der Waals surface area contributed by atoms with Gasteiger partial charge in [0.05, 0.1) is 17.5 Å². The first-order valence-electron chi connectivity index (χ1n) is 6.88. The van der Waals surface area contributed by atoms with Gasteiger partial charge in [-0.15, -0.1) is 0 Å². The van der Waals surface area contributed by atoms with E-state index in [9.17, 15) is 8.42 Å². The second-order valence-electron chi connectivity index (χ2n) is 4.93. The van der Waals surface area contributed by atoms with Crippen LogP contribution in [-0.4, -0.2) is 27.8 Å². The maximum absolute atomic E-state index is 11.5. The van der Waals surface area contributed by atoms with E-state index in [1.165, 1.54) is 6.26 Å². The average molecular weight is 295 g/mol. The Morgan fingerprint density at radius 2 is 2.00 bits per heavy atom. The van der Waals surface area contributed by atoms with Crippen molar-refractivity contribution in [3.05, 3.63) is 41.7 Å². The van der Waals surface area contributed by atoms with Crippen LogP contribution in [0.3, 0.4) is 0 Å². The summed E-state index contributed by atoms with van der Waals surface area (Å²) in [6.45, 7) is 3.61. The summed E-state index contributed by atoms with van der Waals surface area (Å²) in [5.74, 6) is 0.935. The molecule has 0 amide bonds. The maximum atomic E-state index is 11.5. The minimum atomic E-state index is -3.15. The third-order valence-electron chi connectivity index (χ3n) is 3.30. The van der Waals surface area contributed by atoms with Crippen LogP contribution in [0, 0.1) is 0 Å². The van der Waals surface area contributed by atoms with E-state index in [4.69, 9.17) is 4.74 Å². The van der Waals surface area contributed by atoms with Crippen LogP contribution in [0.15, 0.2) is 41.0 Å². The smallest absolute Gasteiger partial charge is 0.175 e. The van der Waals surface area contributed by atoms with Crippen molar-refractivity contribution in [2.75, 3.05) is 19.4 Å². The SMILES string of the molecule is CCNC(C1=CCCCO1)c1ccc(S(C)(=O)=O)cc1. The molecule has 1 aliphatic heterocycles. The molecule has 1 aliphatic rings. The number of allylic oxidation sites excluding steroid dienone is 1. The topological polar surface area (TPSA) is 55.4 Å². The van der Waals surface area contributed by atoms with E-state index in [0.29, 0.717) is 4.90 Å². The molecule has 1 heterocycles. The van der Waals surface area contributed by atoms with Crippen molar-refractivity contribution in [1.82, 2.24) is 5.32 Å². The Hall–Kier alpha value is -1.33. The van der Waals surface area contributed by atoms with Gasteiger partial charge in [0.25, 0.3) is 0 Å². The molecular formula is C15H21NO3S. The molecule has 5 heteroatoms. The lowest BCUT2D eigenvalue weighted by atomic mass is 10.0. The summed E-state index contributed by atoms with van der Waals surface area (Å²) in [7, 11) is -3.15. The van der Waals surface area contributed by atoms with Crippen molar-refractivity contribution < 1.29 is 13.2 Å². The molecule has 1 atom stereocenters. The van der Waals surface area contributed by atoms with Gasteiger partial charge in [-0.2, -0.15) is 0 Å². The highest BCUT2D eigenvalue weighted by molar-refractivity contribution is 7.90. The van der Waals surface area contributed by atoms with E-state index >= 15 is 0 Å². The molecule has 1 aromatic carbocycles. The molecule has 4 nitrogen and oxygen atoms in total. The van der Waals surface area contributed by atoms with Gasteiger partial charge in [-0.25, -0.2) is 8.42 Å². The zero-order chi connectivity index (χ0) is 14.6. The van der Waals surface area contributed by atoms with Crippen LogP contribution in [0.1, 0.15) is 31.4 Å². The number of likely N-dealkylation sites (N-methyl/N-ethyl adjacent to an activating group) is 1. The van der Waals surface area contributed by atoms with Crippen LogP contribution in [0.2, 0.25) is 0 Å². The molecule has 0 bridgehead atoms. The van der Waals surface area contributed by atoms with Gasteiger partial charge >= 0.3 is 0 Å². The van der Waals surface area contributed by atoms with Crippen molar-refractivity contribution in [2.24, 2.45) is 0 Å². The Morgan fingerprint density at radius 3 is 2.50 bits per heavy atom. The third-order valence-corrected chi connectivity index (χ3v) is 4.43. The predicted octanol–water partition coefficient (Wildman–Crippen LogP) is 2.44. The fourth-order valence-electron chi connectivity index (χ4n) is 2.27. The molecular weight excluding hydrogens is 274 g/mol. The second-order valence-corrected chi connectivity index (χ2v) is 6.94. The van der Waals surface area contributed by atoms with Gasteiger partial charge in [0.2, 0.25) is 0 Å². The van der Waals surface area contributed by atoms with E-state index in [-0.39, 0.29) is 6.04 Å². The van der Waals surface area contributed by atoms with E-state index in [1.807, 2.05) is 19.1 Å². The molecule has 1 N–H and O–H groups in total. The lowest BCUT2D eigenvalue weighted by molar-refractivity contribution is 0.168. The van der Waals surface area contributed by atoms with E-state index in [0.717, 1.165) is 37.3 Å². The molecule has 110 valence electrons. The minimum absolute atomic E-state index is 0.00564. The van der Waals surface area contributed by atoms with E-state index < -0.39 is 9.84 Å². The Morgan fingerprint density at radius 1 is 1.30 bits per heavy atom. The Kier molecular flexibility index (Phi) is 4.83. The van der Waals surface area contributed by atoms with Crippen molar-refractivity contribution in [1.29, 1.82) is 0 Å². The first-order chi connectivity index (χ1) is 9.52. The summed E-state index contributed by atoms with van der Waals surface area (Å²) in [5.41, 5.74) is 1.02. The zero-order valence-electron chi connectivity index (χ0n) is 11.9. The summed E-state index contributed by atoms with van der Waals surface area (Å²) in [5, 5.41) is 3.38. The van der Waals surface area contributed by atoms with Crippen LogP contribution in [0.4, 0.5) is 0 Å². The fourth-order valence-corrected chi connectivity index (χ4v) is 2.90. The summed E-state index contributed by atoms with van der Waals surface area (Å²) in [4.78, 5) is 0.343. The highest BCUT2D eigenvalue weighted by atomic mass is 32.2. The minimum Gasteiger partial charge on any atom is -0.496 e. The highest BCUT2D eigenvalue weighted by Gasteiger charge is 2.19. The second kappa shape index (κ2) is 6.41. The lowest BCUT2D eigenvalue weighted by Crippen LogP contribution is -2.25. The Labute approximate surface area is 120 Å². The number of nitrogens with one attached hydrogen (secondary N) is 1. The van der Waals surface area contributed by atoms with Crippen LogP contribution in [0.25, 0.3) is 0 Å². The summed E-state index contributed by atoms with van der Waals surface area (Å²) >= 11 is 0. The average Bonchev–Trinajstić information content (AvgIpc) is 2.45.